The van der Waals surface area contributed by atoms with Crippen LogP contribution in [0.15, 0.2) is 0 Å². The van der Waals surface area contributed by atoms with Gasteiger partial charge in [0.05, 0.1) is 13.0 Å². The van der Waals surface area contributed by atoms with Gasteiger partial charge >= 0.3 is 12.1 Å². The molecule has 4 nitrogen and oxygen atoms in total. The highest BCUT2D eigenvalue weighted by molar-refractivity contribution is 5.86. The molecule has 0 radical (unpaired) electrons. The van der Waals surface area contributed by atoms with Crippen LogP contribution >= 0.6 is 0 Å². The normalized spacial score (nSPS) is 30.3. The fourth-order valence-electron chi connectivity index (χ4n) is 3.36. The third-order valence-electron chi connectivity index (χ3n) is 4.50. The Morgan fingerprint density at radius 2 is 1.86 bits per heavy atom. The number of carbonyl (C=O) groups excluding carboxylic acids is 2. The van der Waals surface area contributed by atoms with Crippen LogP contribution in [0, 0.1) is 11.8 Å². The molecular formula is C14H20F3NO3. The number of methoxy groups -OCH3 is 1. The van der Waals surface area contributed by atoms with E-state index in [0.29, 0.717) is 32.2 Å². The highest BCUT2D eigenvalue weighted by Gasteiger charge is 2.45. The Morgan fingerprint density at radius 1 is 1.14 bits per heavy atom. The summed E-state index contributed by atoms with van der Waals surface area (Å²) in [6.07, 6.45) is -2.24. The number of nitrogens with zero attached hydrogens (tertiary/aromatic N) is 1. The predicted octanol–water partition coefficient (Wildman–Crippen LogP) is 2.52. The second-order valence-electron chi connectivity index (χ2n) is 5.81. The molecule has 2 fully saturated rings. The molecule has 0 bridgehead atoms. The maximum atomic E-state index is 12.8. The zero-order chi connectivity index (χ0) is 15.6. The molecule has 1 saturated heterocycles. The summed E-state index contributed by atoms with van der Waals surface area (Å²) < 4.78 is 43.1. The Balaban J connectivity index is 2.03. The second-order valence-corrected chi connectivity index (χ2v) is 5.81. The fraction of sp³-hybridized carbons (Fsp3) is 0.857. The van der Waals surface area contributed by atoms with Gasteiger partial charge in [-0.2, -0.15) is 13.2 Å². The van der Waals surface area contributed by atoms with E-state index < -0.39 is 30.0 Å². The molecule has 2 rings (SSSR count). The van der Waals surface area contributed by atoms with Crippen molar-refractivity contribution in [2.24, 2.45) is 11.8 Å². The minimum Gasteiger partial charge on any atom is -0.467 e. The summed E-state index contributed by atoms with van der Waals surface area (Å²) in [7, 11) is 1.25. The first-order chi connectivity index (χ1) is 9.84. The largest absolute Gasteiger partial charge is 0.467 e. The number of esters is 1. The van der Waals surface area contributed by atoms with E-state index in [1.54, 1.807) is 0 Å². The smallest absolute Gasteiger partial charge is 0.391 e. The summed E-state index contributed by atoms with van der Waals surface area (Å²) in [6, 6.07) is -0.631. The van der Waals surface area contributed by atoms with Crippen LogP contribution in [0.25, 0.3) is 0 Å². The van der Waals surface area contributed by atoms with Crippen LogP contribution in [0.4, 0.5) is 13.2 Å². The SMILES string of the molecule is COC(=O)C1CCCN1C(=O)C1CCCC(C(F)(F)F)C1. The number of rotatable bonds is 2. The molecule has 0 aromatic carbocycles. The average molecular weight is 307 g/mol. The maximum Gasteiger partial charge on any atom is 0.391 e. The third-order valence-corrected chi connectivity index (χ3v) is 4.50. The van der Waals surface area contributed by atoms with Gasteiger partial charge in [0.2, 0.25) is 5.91 Å². The van der Waals surface area contributed by atoms with Crippen molar-refractivity contribution in [3.05, 3.63) is 0 Å². The number of alkyl halides is 3. The summed E-state index contributed by atoms with van der Waals surface area (Å²) in [5.74, 6) is -2.84. The standard InChI is InChI=1S/C14H20F3NO3/c1-21-13(20)11-6-3-7-18(11)12(19)9-4-2-5-10(8-9)14(15,16)17/h9-11H,2-8H2,1H3. The summed E-state index contributed by atoms with van der Waals surface area (Å²) >= 11 is 0. The first-order valence-corrected chi connectivity index (χ1v) is 7.29. The topological polar surface area (TPSA) is 46.6 Å². The fourth-order valence-corrected chi connectivity index (χ4v) is 3.36. The van der Waals surface area contributed by atoms with E-state index in [9.17, 15) is 22.8 Å². The Kier molecular flexibility index (Phi) is 4.78. The molecule has 1 aliphatic carbocycles. The highest BCUT2D eigenvalue weighted by atomic mass is 19.4. The van der Waals surface area contributed by atoms with E-state index in [1.807, 2.05) is 0 Å². The monoisotopic (exact) mass is 307 g/mol. The molecule has 21 heavy (non-hydrogen) atoms. The van der Waals surface area contributed by atoms with Gasteiger partial charge in [-0.25, -0.2) is 4.79 Å². The van der Waals surface area contributed by atoms with E-state index in [4.69, 9.17) is 0 Å². The van der Waals surface area contributed by atoms with Crippen molar-refractivity contribution in [1.82, 2.24) is 4.90 Å². The van der Waals surface area contributed by atoms with Crippen LogP contribution in [-0.4, -0.2) is 42.6 Å². The Labute approximate surface area is 121 Å². The van der Waals surface area contributed by atoms with Gasteiger partial charge in [-0.3, -0.25) is 4.79 Å². The van der Waals surface area contributed by atoms with E-state index in [1.165, 1.54) is 12.0 Å². The third kappa shape index (κ3) is 3.49. The number of likely N-dealkylation sites (tertiary alicyclic amines) is 1. The van der Waals surface area contributed by atoms with Crippen molar-refractivity contribution >= 4 is 11.9 Å². The summed E-state index contributed by atoms with van der Waals surface area (Å²) in [5.41, 5.74) is 0. The lowest BCUT2D eigenvalue weighted by Gasteiger charge is -2.33. The van der Waals surface area contributed by atoms with Crippen LogP contribution in [0.3, 0.4) is 0 Å². The van der Waals surface area contributed by atoms with Crippen LogP contribution in [0.1, 0.15) is 38.5 Å². The summed E-state index contributed by atoms with van der Waals surface area (Å²) in [5, 5.41) is 0. The zero-order valence-corrected chi connectivity index (χ0v) is 12.0. The highest BCUT2D eigenvalue weighted by Crippen LogP contribution is 2.41. The molecule has 3 atom stereocenters. The molecule has 0 spiro atoms. The molecule has 0 aromatic rings. The molecular weight excluding hydrogens is 287 g/mol. The quantitative estimate of drug-likeness (QED) is 0.737. The Bertz CT molecular complexity index is 411. The van der Waals surface area contributed by atoms with Gasteiger partial charge in [-0.1, -0.05) is 6.42 Å². The molecule has 1 aliphatic heterocycles. The van der Waals surface area contributed by atoms with Crippen molar-refractivity contribution in [3.8, 4) is 0 Å². The van der Waals surface area contributed by atoms with E-state index in [0.717, 1.165) is 0 Å². The van der Waals surface area contributed by atoms with Gasteiger partial charge in [0.1, 0.15) is 6.04 Å². The van der Waals surface area contributed by atoms with Crippen molar-refractivity contribution in [2.75, 3.05) is 13.7 Å². The number of hydrogen-bond acceptors (Lipinski definition) is 3. The van der Waals surface area contributed by atoms with Crippen molar-refractivity contribution < 1.29 is 27.5 Å². The molecule has 0 aromatic heterocycles. The first-order valence-electron chi connectivity index (χ1n) is 7.29. The summed E-state index contributed by atoms with van der Waals surface area (Å²) in [6.45, 7) is 0.422. The number of ether oxygens (including phenoxy) is 1. The molecule has 2 aliphatic rings. The lowest BCUT2D eigenvalue weighted by atomic mass is 9.80. The molecule has 120 valence electrons. The van der Waals surface area contributed by atoms with Gasteiger partial charge in [0.15, 0.2) is 0 Å². The van der Waals surface area contributed by atoms with Gasteiger partial charge in [-0.15, -0.1) is 0 Å². The van der Waals surface area contributed by atoms with Gasteiger partial charge < -0.3 is 9.64 Å². The Morgan fingerprint density at radius 3 is 2.48 bits per heavy atom. The van der Waals surface area contributed by atoms with Crippen molar-refractivity contribution in [3.63, 3.8) is 0 Å². The lowest BCUT2D eigenvalue weighted by Crippen LogP contribution is -2.45. The second kappa shape index (κ2) is 6.23. The van der Waals surface area contributed by atoms with Gasteiger partial charge in [0.25, 0.3) is 0 Å². The molecule has 1 heterocycles. The van der Waals surface area contributed by atoms with Crippen LogP contribution in [0.2, 0.25) is 0 Å². The molecule has 1 saturated carbocycles. The number of amides is 1. The number of hydrogen-bond donors (Lipinski definition) is 0. The average Bonchev–Trinajstić information content (AvgIpc) is 2.94. The van der Waals surface area contributed by atoms with Crippen LogP contribution < -0.4 is 0 Å². The lowest BCUT2D eigenvalue weighted by molar-refractivity contribution is -0.187. The zero-order valence-electron chi connectivity index (χ0n) is 12.0. The molecule has 0 N–H and O–H groups in total. The number of halogens is 3. The molecule has 3 unspecified atom stereocenters. The predicted molar refractivity (Wildman–Crippen MR) is 68.3 cm³/mol. The van der Waals surface area contributed by atoms with Crippen LogP contribution in [-0.2, 0) is 14.3 Å². The minimum atomic E-state index is -4.24. The maximum absolute atomic E-state index is 12.8. The van der Waals surface area contributed by atoms with Gasteiger partial charge in [0, 0.05) is 12.5 Å². The molecule has 1 amide bonds. The van der Waals surface area contributed by atoms with Gasteiger partial charge in [-0.05, 0) is 32.1 Å². The van der Waals surface area contributed by atoms with Crippen molar-refractivity contribution in [1.29, 1.82) is 0 Å². The Hall–Kier alpha value is -1.27. The molecule has 7 heteroatoms. The van der Waals surface area contributed by atoms with E-state index in [-0.39, 0.29) is 18.7 Å². The minimum absolute atomic E-state index is 0.0910. The number of carbonyl (C=O) groups is 2. The summed E-state index contributed by atoms with van der Waals surface area (Å²) in [4.78, 5) is 25.5. The van der Waals surface area contributed by atoms with E-state index in [2.05, 4.69) is 4.74 Å². The van der Waals surface area contributed by atoms with Crippen LogP contribution in [0.5, 0.6) is 0 Å². The first kappa shape index (κ1) is 16.1. The van der Waals surface area contributed by atoms with E-state index >= 15 is 0 Å². The van der Waals surface area contributed by atoms with Crippen molar-refractivity contribution in [2.45, 2.75) is 50.7 Å².